The lowest BCUT2D eigenvalue weighted by atomic mass is 10.4. The van der Waals surface area contributed by atoms with Gasteiger partial charge < -0.3 is 5.11 Å². The fourth-order valence-corrected chi connectivity index (χ4v) is 0.385. The van der Waals surface area contributed by atoms with E-state index in [9.17, 15) is 4.79 Å². The molecular weight excluding hydrogens is 224 g/mol. The highest BCUT2D eigenvalue weighted by Gasteiger charge is 1.90. The summed E-state index contributed by atoms with van der Waals surface area (Å²) in [5.74, 6) is -0.935. The van der Waals surface area contributed by atoms with E-state index in [1.165, 1.54) is 6.92 Å². The van der Waals surface area contributed by atoms with E-state index in [0.29, 0.717) is 0 Å². The standard InChI is InChI=1S/C6H6.C4H6O2.C4H6.C2H4/c1-2-4-6-5-3-1;1-3(2)4(5)6;1-3-4-2;1-2/h1-6H;1H2,2H3,(H,5,6);3-4H,1-2H2;1-2H2. The van der Waals surface area contributed by atoms with Crippen LogP contribution in [0.3, 0.4) is 0 Å². The predicted molar refractivity (Wildman–Crippen MR) is 80.5 cm³/mol. The van der Waals surface area contributed by atoms with Crippen molar-refractivity contribution >= 4 is 5.97 Å². The number of allylic oxidation sites excluding steroid dienone is 2. The molecule has 0 aliphatic carbocycles. The normalized spacial score (nSPS) is 6.50. The van der Waals surface area contributed by atoms with Crippen molar-refractivity contribution in [3.05, 3.63) is 87.0 Å². The number of benzene rings is 1. The summed E-state index contributed by atoms with van der Waals surface area (Å²) in [6.45, 7) is 17.3. The minimum Gasteiger partial charge on any atom is -0.478 e. The smallest absolute Gasteiger partial charge is 0.330 e. The van der Waals surface area contributed by atoms with E-state index in [-0.39, 0.29) is 5.57 Å². The summed E-state index contributed by atoms with van der Waals surface area (Å²) >= 11 is 0. The van der Waals surface area contributed by atoms with Gasteiger partial charge in [0.2, 0.25) is 0 Å². The number of hydrogen-bond donors (Lipinski definition) is 1. The van der Waals surface area contributed by atoms with Gasteiger partial charge in [-0.05, 0) is 6.92 Å². The molecule has 1 aromatic rings. The summed E-state index contributed by atoms with van der Waals surface area (Å²) in [6.07, 6.45) is 3.28. The van der Waals surface area contributed by atoms with E-state index in [2.05, 4.69) is 32.9 Å². The van der Waals surface area contributed by atoms with Gasteiger partial charge in [0.25, 0.3) is 0 Å². The Bertz CT molecular complexity index is 282. The Kier molecular flexibility index (Phi) is 23.5. The molecule has 0 aromatic heterocycles. The lowest BCUT2D eigenvalue weighted by Gasteiger charge is -1.79. The molecule has 0 aliphatic heterocycles. The van der Waals surface area contributed by atoms with Crippen molar-refractivity contribution in [1.82, 2.24) is 0 Å². The molecule has 0 fully saturated rings. The topological polar surface area (TPSA) is 37.3 Å². The predicted octanol–water partition coefficient (Wildman–Crippen LogP) is 4.49. The zero-order valence-electron chi connectivity index (χ0n) is 11.0. The Labute approximate surface area is 110 Å². The van der Waals surface area contributed by atoms with E-state index < -0.39 is 5.97 Å². The van der Waals surface area contributed by atoms with Gasteiger partial charge in [0.15, 0.2) is 0 Å². The maximum Gasteiger partial charge on any atom is 0.330 e. The third-order valence-electron chi connectivity index (χ3n) is 1.20. The van der Waals surface area contributed by atoms with Gasteiger partial charge >= 0.3 is 5.97 Å². The molecule has 2 nitrogen and oxygen atoms in total. The van der Waals surface area contributed by atoms with Crippen LogP contribution < -0.4 is 0 Å². The molecule has 18 heavy (non-hydrogen) atoms. The van der Waals surface area contributed by atoms with Crippen molar-refractivity contribution in [1.29, 1.82) is 0 Å². The molecule has 98 valence electrons. The first kappa shape index (κ1) is 21.0. The zero-order valence-corrected chi connectivity index (χ0v) is 11.0. The van der Waals surface area contributed by atoms with Crippen molar-refractivity contribution in [2.75, 3.05) is 0 Å². The Morgan fingerprint density at radius 2 is 1.11 bits per heavy atom. The second kappa shape index (κ2) is 20.1. The van der Waals surface area contributed by atoms with Crippen LogP contribution >= 0.6 is 0 Å². The minimum absolute atomic E-state index is 0.176. The molecule has 0 aliphatic rings. The fourth-order valence-electron chi connectivity index (χ4n) is 0.385. The van der Waals surface area contributed by atoms with Crippen LogP contribution in [0.4, 0.5) is 0 Å². The average Bonchev–Trinajstić information content (AvgIpc) is 2.44. The number of carboxylic acid groups (broad SMARTS) is 1. The molecule has 0 heterocycles. The van der Waals surface area contributed by atoms with Crippen LogP contribution in [0, 0.1) is 0 Å². The SMILES string of the molecule is C=C.C=C(C)C(=O)O.C=CC=C.c1ccccc1. The monoisotopic (exact) mass is 246 g/mol. The number of carboxylic acids is 1. The van der Waals surface area contributed by atoms with Crippen LogP contribution in [0.2, 0.25) is 0 Å². The number of carbonyl (C=O) groups is 1. The van der Waals surface area contributed by atoms with Crippen LogP contribution in [-0.4, -0.2) is 11.1 Å². The molecule has 1 N–H and O–H groups in total. The fraction of sp³-hybridized carbons (Fsp3) is 0.0625. The molecule has 0 amide bonds. The van der Waals surface area contributed by atoms with Gasteiger partial charge in [-0.15, -0.1) is 13.2 Å². The zero-order chi connectivity index (χ0) is 14.8. The molecule has 0 radical (unpaired) electrons. The first-order valence-electron chi connectivity index (χ1n) is 5.18. The quantitative estimate of drug-likeness (QED) is 0.474. The van der Waals surface area contributed by atoms with Crippen molar-refractivity contribution in [3.8, 4) is 0 Å². The van der Waals surface area contributed by atoms with E-state index in [1.807, 2.05) is 36.4 Å². The van der Waals surface area contributed by atoms with Crippen LogP contribution in [0.5, 0.6) is 0 Å². The summed E-state index contributed by atoms with van der Waals surface area (Å²) in [6, 6.07) is 12.0. The molecule has 0 saturated carbocycles. The molecule has 0 unspecified atom stereocenters. The summed E-state index contributed by atoms with van der Waals surface area (Å²) in [7, 11) is 0. The molecule has 0 atom stereocenters. The van der Waals surface area contributed by atoms with E-state index >= 15 is 0 Å². The lowest BCUT2D eigenvalue weighted by molar-refractivity contribution is -0.132. The molecule has 2 heteroatoms. The molecular formula is C16H22O2. The highest BCUT2D eigenvalue weighted by atomic mass is 16.4. The largest absolute Gasteiger partial charge is 0.478 e. The molecule has 0 saturated heterocycles. The number of hydrogen-bond acceptors (Lipinski definition) is 1. The average molecular weight is 246 g/mol. The second-order valence-corrected chi connectivity index (χ2v) is 2.71. The minimum atomic E-state index is -0.935. The van der Waals surface area contributed by atoms with Gasteiger partial charge in [0, 0.05) is 5.57 Å². The van der Waals surface area contributed by atoms with Crippen molar-refractivity contribution < 1.29 is 9.90 Å². The van der Waals surface area contributed by atoms with Gasteiger partial charge in [-0.2, -0.15) is 0 Å². The van der Waals surface area contributed by atoms with Crippen LogP contribution in [0.15, 0.2) is 87.0 Å². The molecule has 1 aromatic carbocycles. The first-order chi connectivity index (χ1) is 8.56. The maximum absolute atomic E-state index is 9.60. The van der Waals surface area contributed by atoms with Crippen molar-refractivity contribution in [3.63, 3.8) is 0 Å². The van der Waals surface area contributed by atoms with Gasteiger partial charge in [0.05, 0.1) is 0 Å². The summed E-state index contributed by atoms with van der Waals surface area (Å²) in [5.41, 5.74) is 0.176. The van der Waals surface area contributed by atoms with E-state index in [4.69, 9.17) is 5.11 Å². The second-order valence-electron chi connectivity index (χ2n) is 2.71. The van der Waals surface area contributed by atoms with Gasteiger partial charge in [-0.25, -0.2) is 4.79 Å². The Hall–Kier alpha value is -2.35. The van der Waals surface area contributed by atoms with E-state index in [1.54, 1.807) is 12.2 Å². The van der Waals surface area contributed by atoms with Gasteiger partial charge in [0.1, 0.15) is 0 Å². The van der Waals surface area contributed by atoms with Crippen LogP contribution in [-0.2, 0) is 4.79 Å². The van der Waals surface area contributed by atoms with Crippen molar-refractivity contribution in [2.24, 2.45) is 0 Å². The Balaban J connectivity index is -0.000000179. The lowest BCUT2D eigenvalue weighted by Crippen LogP contribution is -1.92. The number of aliphatic carboxylic acids is 1. The van der Waals surface area contributed by atoms with Crippen LogP contribution in [0.1, 0.15) is 6.92 Å². The van der Waals surface area contributed by atoms with Crippen molar-refractivity contribution in [2.45, 2.75) is 6.92 Å². The molecule has 1 rings (SSSR count). The third kappa shape index (κ3) is 29.2. The summed E-state index contributed by atoms with van der Waals surface area (Å²) < 4.78 is 0. The summed E-state index contributed by atoms with van der Waals surface area (Å²) in [5, 5.41) is 7.89. The van der Waals surface area contributed by atoms with E-state index in [0.717, 1.165) is 0 Å². The van der Waals surface area contributed by atoms with Gasteiger partial charge in [-0.3, -0.25) is 0 Å². The molecule has 0 bridgehead atoms. The third-order valence-corrected chi connectivity index (χ3v) is 1.20. The maximum atomic E-state index is 9.60. The Morgan fingerprint density at radius 1 is 0.944 bits per heavy atom. The first-order valence-corrected chi connectivity index (χ1v) is 5.18. The Morgan fingerprint density at radius 3 is 1.17 bits per heavy atom. The van der Waals surface area contributed by atoms with Gasteiger partial charge in [-0.1, -0.05) is 68.3 Å². The summed E-state index contributed by atoms with van der Waals surface area (Å²) in [4.78, 5) is 9.60. The van der Waals surface area contributed by atoms with Crippen LogP contribution in [0.25, 0.3) is 0 Å². The molecule has 0 spiro atoms. The number of rotatable bonds is 2. The highest BCUT2D eigenvalue weighted by molar-refractivity contribution is 5.84. The highest BCUT2D eigenvalue weighted by Crippen LogP contribution is 1.81.